The molecule has 100 valence electrons. The molecule has 0 amide bonds. The standard InChI is InChI=1S/C13H15FN4O/c1-2-19-13-11(14)9(6-8-17-13)12(18-15)10-5-3-4-7-16-10/h3-8,12,18H,2,15H2,1H3. The van der Waals surface area contributed by atoms with Crippen LogP contribution in [0.3, 0.4) is 0 Å². The highest BCUT2D eigenvalue weighted by atomic mass is 19.1. The first-order valence-corrected chi connectivity index (χ1v) is 5.92. The van der Waals surface area contributed by atoms with Crippen LogP contribution in [-0.4, -0.2) is 16.6 Å². The minimum Gasteiger partial charge on any atom is -0.476 e. The molecule has 0 bridgehead atoms. The van der Waals surface area contributed by atoms with E-state index in [1.807, 2.05) is 6.07 Å². The molecule has 19 heavy (non-hydrogen) atoms. The number of rotatable bonds is 5. The van der Waals surface area contributed by atoms with Crippen molar-refractivity contribution in [3.8, 4) is 5.88 Å². The number of ether oxygens (including phenoxy) is 1. The maximum atomic E-state index is 14.3. The van der Waals surface area contributed by atoms with Gasteiger partial charge in [0, 0.05) is 18.0 Å². The molecule has 0 fully saturated rings. The van der Waals surface area contributed by atoms with Gasteiger partial charge in [0.05, 0.1) is 18.3 Å². The molecule has 0 aliphatic carbocycles. The first-order chi connectivity index (χ1) is 9.27. The Kier molecular flexibility index (Phi) is 4.38. The van der Waals surface area contributed by atoms with E-state index in [2.05, 4.69) is 15.4 Å². The lowest BCUT2D eigenvalue weighted by molar-refractivity contribution is 0.305. The molecule has 2 rings (SSSR count). The molecule has 1 atom stereocenters. The Bertz CT molecular complexity index is 535. The number of hydrogen-bond acceptors (Lipinski definition) is 5. The summed E-state index contributed by atoms with van der Waals surface area (Å²) in [6.07, 6.45) is 3.11. The third-order valence-electron chi connectivity index (χ3n) is 2.63. The van der Waals surface area contributed by atoms with Crippen molar-refractivity contribution in [3.63, 3.8) is 0 Å². The number of pyridine rings is 2. The molecule has 2 aromatic rings. The van der Waals surface area contributed by atoms with Gasteiger partial charge in [-0.15, -0.1) is 0 Å². The molecule has 0 radical (unpaired) electrons. The van der Waals surface area contributed by atoms with Gasteiger partial charge >= 0.3 is 0 Å². The van der Waals surface area contributed by atoms with Crippen LogP contribution in [0.25, 0.3) is 0 Å². The second-order valence-corrected chi connectivity index (χ2v) is 3.81. The molecule has 0 aliphatic heterocycles. The predicted molar refractivity (Wildman–Crippen MR) is 68.8 cm³/mol. The first-order valence-electron chi connectivity index (χ1n) is 5.92. The minimum absolute atomic E-state index is 0.0313. The monoisotopic (exact) mass is 262 g/mol. The smallest absolute Gasteiger partial charge is 0.250 e. The van der Waals surface area contributed by atoms with E-state index in [1.54, 1.807) is 31.3 Å². The summed E-state index contributed by atoms with van der Waals surface area (Å²) in [6.45, 7) is 2.11. The highest BCUT2D eigenvalue weighted by Gasteiger charge is 2.20. The molecule has 5 nitrogen and oxygen atoms in total. The Labute approximate surface area is 110 Å². The number of hydrogen-bond donors (Lipinski definition) is 2. The Morgan fingerprint density at radius 3 is 2.79 bits per heavy atom. The average molecular weight is 262 g/mol. The maximum absolute atomic E-state index is 14.3. The van der Waals surface area contributed by atoms with Gasteiger partial charge in [-0.25, -0.2) is 14.8 Å². The third kappa shape index (κ3) is 2.86. The summed E-state index contributed by atoms with van der Waals surface area (Å²) in [4.78, 5) is 8.03. The van der Waals surface area contributed by atoms with Gasteiger partial charge in [0.2, 0.25) is 0 Å². The van der Waals surface area contributed by atoms with Crippen LogP contribution < -0.4 is 16.0 Å². The lowest BCUT2D eigenvalue weighted by Gasteiger charge is -2.17. The van der Waals surface area contributed by atoms with Gasteiger partial charge < -0.3 is 4.74 Å². The van der Waals surface area contributed by atoms with E-state index in [-0.39, 0.29) is 5.88 Å². The summed E-state index contributed by atoms with van der Waals surface area (Å²) in [5, 5.41) is 0. The number of halogens is 1. The van der Waals surface area contributed by atoms with Gasteiger partial charge in [0.25, 0.3) is 5.88 Å². The fourth-order valence-corrected chi connectivity index (χ4v) is 1.78. The van der Waals surface area contributed by atoms with E-state index >= 15 is 0 Å². The largest absolute Gasteiger partial charge is 0.476 e. The number of hydrazine groups is 1. The maximum Gasteiger partial charge on any atom is 0.250 e. The quantitative estimate of drug-likeness (QED) is 0.632. The van der Waals surface area contributed by atoms with Crippen molar-refractivity contribution in [3.05, 3.63) is 53.7 Å². The van der Waals surface area contributed by atoms with Crippen molar-refractivity contribution in [2.24, 2.45) is 5.84 Å². The van der Waals surface area contributed by atoms with Gasteiger partial charge in [-0.05, 0) is 25.1 Å². The molecule has 1 unspecified atom stereocenters. The Hall–Kier alpha value is -2.05. The highest BCUT2D eigenvalue weighted by molar-refractivity contribution is 5.32. The van der Waals surface area contributed by atoms with E-state index in [0.29, 0.717) is 17.9 Å². The summed E-state index contributed by atoms with van der Waals surface area (Å²) >= 11 is 0. The Morgan fingerprint density at radius 2 is 2.16 bits per heavy atom. The second kappa shape index (κ2) is 6.21. The Balaban J connectivity index is 2.42. The number of nitrogens with one attached hydrogen (secondary N) is 1. The second-order valence-electron chi connectivity index (χ2n) is 3.81. The van der Waals surface area contributed by atoms with Crippen LogP contribution in [0.15, 0.2) is 36.7 Å². The molecule has 0 saturated carbocycles. The summed E-state index contributed by atoms with van der Waals surface area (Å²) in [5.41, 5.74) is 3.53. The van der Waals surface area contributed by atoms with E-state index in [9.17, 15) is 4.39 Å². The molecular weight excluding hydrogens is 247 g/mol. The lowest BCUT2D eigenvalue weighted by atomic mass is 10.0. The van der Waals surface area contributed by atoms with Crippen molar-refractivity contribution >= 4 is 0 Å². The van der Waals surface area contributed by atoms with Crippen molar-refractivity contribution in [1.29, 1.82) is 0 Å². The van der Waals surface area contributed by atoms with Gasteiger partial charge in [-0.2, -0.15) is 0 Å². The number of aromatic nitrogens is 2. The molecule has 0 spiro atoms. The molecule has 0 aromatic carbocycles. The lowest BCUT2D eigenvalue weighted by Crippen LogP contribution is -2.30. The fraction of sp³-hybridized carbons (Fsp3) is 0.231. The third-order valence-corrected chi connectivity index (χ3v) is 2.63. The molecular formula is C13H15FN4O. The summed E-state index contributed by atoms with van der Waals surface area (Å²) in [7, 11) is 0. The predicted octanol–water partition coefficient (Wildman–Crippen LogP) is 1.57. The van der Waals surface area contributed by atoms with Crippen LogP contribution in [0.1, 0.15) is 24.2 Å². The van der Waals surface area contributed by atoms with Crippen LogP contribution in [0.4, 0.5) is 4.39 Å². The average Bonchev–Trinajstić information content (AvgIpc) is 2.45. The van der Waals surface area contributed by atoms with Gasteiger partial charge in [-0.3, -0.25) is 10.8 Å². The molecule has 0 saturated heterocycles. The Morgan fingerprint density at radius 1 is 1.32 bits per heavy atom. The number of nitrogens with zero attached hydrogens (tertiary/aromatic N) is 2. The van der Waals surface area contributed by atoms with Gasteiger partial charge in [0.15, 0.2) is 5.82 Å². The van der Waals surface area contributed by atoms with Crippen LogP contribution in [-0.2, 0) is 0 Å². The zero-order chi connectivity index (χ0) is 13.7. The first kappa shape index (κ1) is 13.4. The number of nitrogens with two attached hydrogens (primary N) is 1. The van der Waals surface area contributed by atoms with E-state index in [1.165, 1.54) is 6.20 Å². The normalized spacial score (nSPS) is 12.2. The molecule has 0 aliphatic rings. The van der Waals surface area contributed by atoms with Crippen molar-refractivity contribution in [1.82, 2.24) is 15.4 Å². The van der Waals surface area contributed by atoms with Crippen LogP contribution in [0.2, 0.25) is 0 Å². The fourth-order valence-electron chi connectivity index (χ4n) is 1.78. The van der Waals surface area contributed by atoms with Crippen LogP contribution >= 0.6 is 0 Å². The summed E-state index contributed by atoms with van der Waals surface area (Å²) < 4.78 is 19.4. The van der Waals surface area contributed by atoms with Gasteiger partial charge in [-0.1, -0.05) is 6.07 Å². The van der Waals surface area contributed by atoms with Crippen molar-refractivity contribution in [2.75, 3.05) is 6.61 Å². The highest BCUT2D eigenvalue weighted by Crippen LogP contribution is 2.26. The minimum atomic E-state index is -0.552. The molecule has 2 heterocycles. The summed E-state index contributed by atoms with van der Waals surface area (Å²) in [5.74, 6) is 4.95. The molecule has 3 N–H and O–H groups in total. The van der Waals surface area contributed by atoms with E-state index < -0.39 is 11.9 Å². The van der Waals surface area contributed by atoms with Crippen molar-refractivity contribution < 1.29 is 9.13 Å². The molecule has 2 aromatic heterocycles. The zero-order valence-corrected chi connectivity index (χ0v) is 10.5. The van der Waals surface area contributed by atoms with Crippen molar-refractivity contribution in [2.45, 2.75) is 13.0 Å². The van der Waals surface area contributed by atoms with E-state index in [4.69, 9.17) is 10.6 Å². The van der Waals surface area contributed by atoms with Gasteiger partial charge in [0.1, 0.15) is 0 Å². The summed E-state index contributed by atoms with van der Waals surface area (Å²) in [6, 6.07) is 6.37. The molecule has 6 heteroatoms. The van der Waals surface area contributed by atoms with Crippen LogP contribution in [0, 0.1) is 5.82 Å². The van der Waals surface area contributed by atoms with Crippen LogP contribution in [0.5, 0.6) is 5.88 Å². The SMILES string of the molecule is CCOc1nccc(C(NN)c2ccccn2)c1F. The topological polar surface area (TPSA) is 73.1 Å². The van der Waals surface area contributed by atoms with E-state index in [0.717, 1.165) is 0 Å². The zero-order valence-electron chi connectivity index (χ0n) is 10.5.